The molecule has 11 heteroatoms. The number of aryl methyl sites for hydroxylation is 2. The lowest BCUT2D eigenvalue weighted by Crippen LogP contribution is -2.31. The number of methoxy groups -OCH3 is 1. The lowest BCUT2D eigenvalue weighted by Gasteiger charge is -2.11. The van der Waals surface area contributed by atoms with Crippen LogP contribution >= 0.6 is 0 Å². The zero-order valence-electron chi connectivity index (χ0n) is 16.9. The average molecular weight is 425 g/mol. The van der Waals surface area contributed by atoms with Crippen molar-refractivity contribution in [2.24, 2.45) is 5.10 Å². The summed E-state index contributed by atoms with van der Waals surface area (Å²) in [6, 6.07) is 8.98. The van der Waals surface area contributed by atoms with Gasteiger partial charge in [0.25, 0.3) is 11.2 Å². The molecule has 0 saturated carbocycles. The highest BCUT2D eigenvalue weighted by molar-refractivity contribution is 5.83. The van der Waals surface area contributed by atoms with Crippen LogP contribution in [0.15, 0.2) is 51.1 Å². The zero-order chi connectivity index (χ0) is 22.7. The van der Waals surface area contributed by atoms with E-state index in [1.165, 1.54) is 25.3 Å². The molecule has 31 heavy (non-hydrogen) atoms. The molecule has 0 bridgehead atoms. The Kier molecular flexibility index (Phi) is 5.86. The number of hydrogen-bond acceptors (Lipinski definition) is 8. The Labute approximate surface area is 175 Å². The Morgan fingerprint density at radius 1 is 1.19 bits per heavy atom. The molecule has 3 N–H and O–H groups in total. The normalized spacial score (nSPS) is 10.9. The molecule has 0 aliphatic carbocycles. The van der Waals surface area contributed by atoms with Gasteiger partial charge in [-0.05, 0) is 43.2 Å². The Balaban J connectivity index is 1.98. The summed E-state index contributed by atoms with van der Waals surface area (Å²) in [7, 11) is 1.34. The van der Waals surface area contributed by atoms with Gasteiger partial charge in [0, 0.05) is 6.07 Å². The maximum Gasteiger partial charge on any atom is 0.335 e. The lowest BCUT2D eigenvalue weighted by molar-refractivity contribution is -0.384. The van der Waals surface area contributed by atoms with E-state index in [0.717, 1.165) is 21.9 Å². The smallest absolute Gasteiger partial charge is 0.335 e. The molecule has 3 aromatic rings. The predicted molar refractivity (Wildman–Crippen MR) is 115 cm³/mol. The third kappa shape index (κ3) is 4.29. The van der Waals surface area contributed by atoms with Crippen LogP contribution in [0.3, 0.4) is 0 Å². The number of H-pyrrole nitrogens is 1. The third-order valence-corrected chi connectivity index (χ3v) is 4.64. The van der Waals surface area contributed by atoms with Gasteiger partial charge in [0.05, 0.1) is 35.7 Å². The van der Waals surface area contributed by atoms with Gasteiger partial charge in [-0.15, -0.1) is 0 Å². The first-order valence-corrected chi connectivity index (χ1v) is 9.00. The zero-order valence-corrected chi connectivity index (χ0v) is 16.9. The van der Waals surface area contributed by atoms with Crippen LogP contribution in [0.1, 0.15) is 16.7 Å². The van der Waals surface area contributed by atoms with Gasteiger partial charge in [0.2, 0.25) is 5.88 Å². The van der Waals surface area contributed by atoms with Crippen molar-refractivity contribution in [3.63, 3.8) is 0 Å². The van der Waals surface area contributed by atoms with Gasteiger partial charge < -0.3 is 9.84 Å². The number of anilines is 1. The van der Waals surface area contributed by atoms with Crippen LogP contribution in [0.2, 0.25) is 0 Å². The summed E-state index contributed by atoms with van der Waals surface area (Å²) in [6.07, 6.45) is 1.03. The van der Waals surface area contributed by atoms with E-state index in [9.17, 15) is 24.8 Å². The second kappa shape index (κ2) is 8.53. The number of ether oxygens (including phenoxy) is 1. The van der Waals surface area contributed by atoms with Crippen LogP contribution in [0.25, 0.3) is 5.69 Å². The Morgan fingerprint density at radius 3 is 2.58 bits per heavy atom. The van der Waals surface area contributed by atoms with Crippen molar-refractivity contribution < 1.29 is 14.8 Å². The molecule has 0 amide bonds. The number of aromatic amines is 1. The largest absolute Gasteiger partial charge is 0.494 e. The molecule has 0 fully saturated rings. The van der Waals surface area contributed by atoms with Crippen molar-refractivity contribution in [1.82, 2.24) is 9.55 Å². The van der Waals surface area contributed by atoms with E-state index >= 15 is 0 Å². The molecule has 3 rings (SSSR count). The summed E-state index contributed by atoms with van der Waals surface area (Å²) < 4.78 is 6.06. The van der Waals surface area contributed by atoms with Gasteiger partial charge in [0.1, 0.15) is 5.56 Å². The highest BCUT2D eigenvalue weighted by Gasteiger charge is 2.15. The number of aromatic hydroxyl groups is 1. The van der Waals surface area contributed by atoms with Crippen LogP contribution in [0.5, 0.6) is 11.6 Å². The highest BCUT2D eigenvalue weighted by atomic mass is 16.6. The fourth-order valence-corrected chi connectivity index (χ4v) is 2.81. The summed E-state index contributed by atoms with van der Waals surface area (Å²) in [6.45, 7) is 3.77. The van der Waals surface area contributed by atoms with Crippen molar-refractivity contribution >= 4 is 17.6 Å². The van der Waals surface area contributed by atoms with Crippen molar-refractivity contribution in [3.05, 3.63) is 84.0 Å². The van der Waals surface area contributed by atoms with Crippen LogP contribution in [-0.2, 0) is 0 Å². The molecule has 0 unspecified atom stereocenters. The number of nitro groups is 1. The predicted octanol–water partition coefficient (Wildman–Crippen LogP) is 2.21. The van der Waals surface area contributed by atoms with Crippen molar-refractivity contribution in [2.75, 3.05) is 12.5 Å². The van der Waals surface area contributed by atoms with E-state index in [2.05, 4.69) is 15.5 Å². The summed E-state index contributed by atoms with van der Waals surface area (Å²) in [5, 5.41) is 25.4. The van der Waals surface area contributed by atoms with Crippen molar-refractivity contribution in [2.45, 2.75) is 13.8 Å². The minimum atomic E-state index is -0.830. The van der Waals surface area contributed by atoms with Gasteiger partial charge in [-0.3, -0.25) is 25.3 Å². The monoisotopic (exact) mass is 425 g/mol. The molecule has 0 saturated heterocycles. The minimum Gasteiger partial charge on any atom is -0.494 e. The van der Waals surface area contributed by atoms with Crippen LogP contribution < -0.4 is 21.4 Å². The quantitative estimate of drug-likeness (QED) is 0.311. The number of aromatic nitrogens is 2. The molecule has 0 atom stereocenters. The first kappa shape index (κ1) is 21.3. The Hall–Kier alpha value is -4.41. The number of hydrazone groups is 1. The van der Waals surface area contributed by atoms with Crippen LogP contribution in [0.4, 0.5) is 11.4 Å². The van der Waals surface area contributed by atoms with Gasteiger partial charge in [0.15, 0.2) is 5.75 Å². The number of nitrogens with zero attached hydrogens (tertiary/aromatic N) is 3. The summed E-state index contributed by atoms with van der Waals surface area (Å²) in [5.74, 6) is -0.428. The van der Waals surface area contributed by atoms with E-state index in [1.54, 1.807) is 18.2 Å². The standard InChI is InChI=1S/C20H19N5O6/c1-11-4-5-13(8-12(11)2)24-19(27)15(18(26)22-20(24)28)10-21-23-16-7-6-14(25(29)30)9-17(16)31-3/h4-10,23,27H,1-3H3,(H,22,26,28). The maximum atomic E-state index is 12.3. The van der Waals surface area contributed by atoms with Crippen molar-refractivity contribution in [3.8, 4) is 17.3 Å². The first-order chi connectivity index (χ1) is 14.7. The SMILES string of the molecule is COc1cc([N+](=O)[O-])ccc1NN=Cc1c(O)n(-c2ccc(C)c(C)c2)c(=O)[nH]c1=O. The molecule has 0 radical (unpaired) electrons. The number of hydrogen-bond donors (Lipinski definition) is 3. The van der Waals surface area contributed by atoms with Crippen LogP contribution in [0, 0.1) is 24.0 Å². The molecule has 11 nitrogen and oxygen atoms in total. The average Bonchev–Trinajstić information content (AvgIpc) is 2.72. The number of benzene rings is 2. The molecule has 0 aliphatic rings. The fourth-order valence-electron chi connectivity index (χ4n) is 2.81. The third-order valence-electron chi connectivity index (χ3n) is 4.64. The van der Waals surface area contributed by atoms with Gasteiger partial charge in [-0.1, -0.05) is 6.07 Å². The number of non-ortho nitro benzene ring substituents is 1. The molecular formula is C20H19N5O6. The van der Waals surface area contributed by atoms with E-state index in [4.69, 9.17) is 4.74 Å². The second-order valence-corrected chi connectivity index (χ2v) is 6.61. The molecule has 160 valence electrons. The van der Waals surface area contributed by atoms with E-state index in [1.807, 2.05) is 13.8 Å². The molecule has 0 spiro atoms. The topological polar surface area (TPSA) is 152 Å². The molecule has 1 heterocycles. The van der Waals surface area contributed by atoms with E-state index in [0.29, 0.717) is 11.4 Å². The fraction of sp³-hybridized carbons (Fsp3) is 0.150. The number of nitrogens with one attached hydrogen (secondary N) is 2. The van der Waals surface area contributed by atoms with Gasteiger partial charge >= 0.3 is 5.69 Å². The Morgan fingerprint density at radius 2 is 1.94 bits per heavy atom. The van der Waals surface area contributed by atoms with Gasteiger partial charge in [-0.2, -0.15) is 5.10 Å². The molecule has 2 aromatic carbocycles. The second-order valence-electron chi connectivity index (χ2n) is 6.61. The maximum absolute atomic E-state index is 12.3. The summed E-state index contributed by atoms with van der Waals surface area (Å²) in [4.78, 5) is 36.9. The molecule has 1 aromatic heterocycles. The lowest BCUT2D eigenvalue weighted by atomic mass is 10.1. The minimum absolute atomic E-state index is 0.157. The van der Waals surface area contributed by atoms with Crippen molar-refractivity contribution in [1.29, 1.82) is 0 Å². The number of nitro benzene ring substituents is 1. The van der Waals surface area contributed by atoms with E-state index in [-0.39, 0.29) is 17.0 Å². The van der Waals surface area contributed by atoms with E-state index < -0.39 is 22.1 Å². The van der Waals surface area contributed by atoms with Gasteiger partial charge in [-0.25, -0.2) is 9.36 Å². The molecular weight excluding hydrogens is 406 g/mol. The van der Waals surface area contributed by atoms with Crippen LogP contribution in [-0.4, -0.2) is 32.9 Å². The first-order valence-electron chi connectivity index (χ1n) is 9.00. The number of rotatable bonds is 6. The summed E-state index contributed by atoms with van der Waals surface area (Å²) >= 11 is 0. The highest BCUT2D eigenvalue weighted by Crippen LogP contribution is 2.29. The Bertz CT molecular complexity index is 1310. The summed E-state index contributed by atoms with van der Waals surface area (Å²) in [5.41, 5.74) is 3.12. The molecule has 0 aliphatic heterocycles.